The largest absolute Gasteiger partial charge is 0.497 e. The number of carbonyl (C=O) groups is 2. The number of halogens is 1. The van der Waals surface area contributed by atoms with Crippen LogP contribution in [0.5, 0.6) is 5.75 Å². The van der Waals surface area contributed by atoms with Gasteiger partial charge in [-0.25, -0.2) is 0 Å². The molecule has 0 saturated heterocycles. The molecule has 1 aliphatic carbocycles. The van der Waals surface area contributed by atoms with E-state index in [0.29, 0.717) is 22.7 Å². The van der Waals surface area contributed by atoms with Gasteiger partial charge in [0, 0.05) is 17.9 Å². The number of ether oxygens (including phenoxy) is 2. The molecule has 1 saturated carbocycles. The van der Waals surface area contributed by atoms with Crippen molar-refractivity contribution < 1.29 is 19.1 Å². The third-order valence-electron chi connectivity index (χ3n) is 6.84. The number of benzene rings is 1. The summed E-state index contributed by atoms with van der Waals surface area (Å²) in [5, 5.41) is 0. The van der Waals surface area contributed by atoms with Gasteiger partial charge in [0.1, 0.15) is 11.9 Å². The number of nitrogens with zero attached hydrogens (tertiary/aromatic N) is 2. The van der Waals surface area contributed by atoms with E-state index in [-0.39, 0.29) is 29.5 Å². The van der Waals surface area contributed by atoms with Gasteiger partial charge in [0.15, 0.2) is 11.5 Å². The minimum atomic E-state index is -0.433. The summed E-state index contributed by atoms with van der Waals surface area (Å²) in [7, 11) is 1.62. The number of hydrogen-bond acceptors (Lipinski definition) is 5. The molecule has 4 atom stereocenters. The van der Waals surface area contributed by atoms with Gasteiger partial charge in [0.05, 0.1) is 24.6 Å². The number of rotatable bonds is 7. The van der Waals surface area contributed by atoms with Crippen LogP contribution in [-0.4, -0.2) is 65.7 Å². The molecule has 0 aromatic heterocycles. The van der Waals surface area contributed by atoms with Crippen molar-refractivity contribution in [2.75, 3.05) is 33.3 Å². The standard InChI is InChI=1S/C24H31BrN2O4/c1-4-26(5-2)11-12-27-21(15-7-6-8-17(13-15)30-3)20-22(28)18-14-16(25)9-10-19(18)31-23(20)24(27)29/h6-8,13,16,18-19,21H,4-5,9-12,14H2,1-3H3. The van der Waals surface area contributed by atoms with E-state index in [2.05, 4.69) is 34.7 Å². The summed E-state index contributed by atoms with van der Waals surface area (Å²) in [6, 6.07) is 7.24. The molecule has 3 aliphatic rings. The van der Waals surface area contributed by atoms with Crippen LogP contribution in [0.2, 0.25) is 0 Å². The molecule has 7 heteroatoms. The van der Waals surface area contributed by atoms with Gasteiger partial charge in [-0.3, -0.25) is 9.59 Å². The normalized spacial score (nSPS) is 28.0. The SMILES string of the molecule is CCN(CC)CCN1C(=O)C2=C(C(=O)C3CC(Br)CCC3O2)C1c1cccc(OC)c1. The molecule has 1 fully saturated rings. The number of fused-ring (bicyclic) bond motifs is 1. The highest BCUT2D eigenvalue weighted by Gasteiger charge is 2.52. The second kappa shape index (κ2) is 9.33. The van der Waals surface area contributed by atoms with Gasteiger partial charge in [0.2, 0.25) is 0 Å². The third-order valence-corrected chi connectivity index (χ3v) is 7.67. The first kappa shape index (κ1) is 22.3. The number of amides is 1. The molecule has 31 heavy (non-hydrogen) atoms. The van der Waals surface area contributed by atoms with Crippen LogP contribution in [0, 0.1) is 5.92 Å². The van der Waals surface area contributed by atoms with Gasteiger partial charge in [-0.15, -0.1) is 0 Å². The van der Waals surface area contributed by atoms with E-state index in [0.717, 1.165) is 44.5 Å². The van der Waals surface area contributed by atoms with Crippen LogP contribution in [0.4, 0.5) is 0 Å². The number of ketones is 1. The number of methoxy groups -OCH3 is 1. The zero-order valence-corrected chi connectivity index (χ0v) is 20.1. The highest BCUT2D eigenvalue weighted by molar-refractivity contribution is 9.09. The lowest BCUT2D eigenvalue weighted by Crippen LogP contribution is -2.41. The van der Waals surface area contributed by atoms with Crippen LogP contribution in [0.3, 0.4) is 0 Å². The molecule has 4 rings (SSSR count). The van der Waals surface area contributed by atoms with E-state index in [9.17, 15) is 9.59 Å². The summed E-state index contributed by atoms with van der Waals surface area (Å²) in [6.45, 7) is 7.37. The van der Waals surface area contributed by atoms with Crippen molar-refractivity contribution in [3.8, 4) is 5.75 Å². The Morgan fingerprint density at radius 2 is 2.00 bits per heavy atom. The van der Waals surface area contributed by atoms with Crippen LogP contribution in [0.1, 0.15) is 44.7 Å². The van der Waals surface area contributed by atoms with Crippen molar-refractivity contribution in [2.24, 2.45) is 5.92 Å². The Kier molecular flexibility index (Phi) is 6.72. The van der Waals surface area contributed by atoms with Gasteiger partial charge in [-0.05, 0) is 50.0 Å². The first-order valence-corrected chi connectivity index (χ1v) is 12.2. The fraction of sp³-hybridized carbons (Fsp3) is 0.583. The van der Waals surface area contributed by atoms with Crippen LogP contribution in [0.25, 0.3) is 0 Å². The van der Waals surface area contributed by atoms with Crippen molar-refractivity contribution in [3.63, 3.8) is 0 Å². The first-order chi connectivity index (χ1) is 15.0. The van der Waals surface area contributed by atoms with Crippen LogP contribution >= 0.6 is 15.9 Å². The fourth-order valence-corrected chi connectivity index (χ4v) is 5.71. The van der Waals surface area contributed by atoms with Crippen molar-refractivity contribution >= 4 is 27.6 Å². The molecular weight excluding hydrogens is 460 g/mol. The predicted octanol–water partition coefficient (Wildman–Crippen LogP) is 3.71. The van der Waals surface area contributed by atoms with Gasteiger partial charge in [-0.2, -0.15) is 0 Å². The molecular formula is C24H31BrN2O4. The number of likely N-dealkylation sites (N-methyl/N-ethyl adjacent to an activating group) is 1. The quantitative estimate of drug-likeness (QED) is 0.545. The van der Waals surface area contributed by atoms with Crippen LogP contribution in [0.15, 0.2) is 35.6 Å². The molecule has 2 heterocycles. The molecule has 4 unspecified atom stereocenters. The molecule has 0 spiro atoms. The third kappa shape index (κ3) is 4.14. The Hall–Kier alpha value is -1.86. The maximum Gasteiger partial charge on any atom is 0.290 e. The first-order valence-electron chi connectivity index (χ1n) is 11.2. The summed E-state index contributed by atoms with van der Waals surface area (Å²) in [5.41, 5.74) is 1.42. The van der Waals surface area contributed by atoms with Gasteiger partial charge < -0.3 is 19.3 Å². The molecule has 0 N–H and O–H groups in total. The monoisotopic (exact) mass is 490 g/mol. The molecule has 0 radical (unpaired) electrons. The predicted molar refractivity (Wildman–Crippen MR) is 122 cm³/mol. The highest BCUT2D eigenvalue weighted by Crippen LogP contribution is 2.47. The number of Topliss-reactive ketones (excluding diaryl/α,β-unsaturated/α-hetero) is 1. The van der Waals surface area contributed by atoms with Crippen LogP contribution < -0.4 is 4.74 Å². The van der Waals surface area contributed by atoms with E-state index in [4.69, 9.17) is 9.47 Å². The molecule has 1 amide bonds. The average Bonchev–Trinajstić information content (AvgIpc) is 3.07. The Balaban J connectivity index is 1.72. The number of hydrogen-bond donors (Lipinski definition) is 0. The van der Waals surface area contributed by atoms with E-state index in [1.165, 1.54) is 0 Å². The summed E-state index contributed by atoms with van der Waals surface area (Å²) in [4.78, 5) is 31.6. The Morgan fingerprint density at radius 3 is 2.71 bits per heavy atom. The lowest BCUT2D eigenvalue weighted by molar-refractivity contribution is -0.135. The second-order valence-corrected chi connectivity index (χ2v) is 9.78. The molecule has 2 aliphatic heterocycles. The van der Waals surface area contributed by atoms with Crippen LogP contribution in [-0.2, 0) is 14.3 Å². The summed E-state index contributed by atoms with van der Waals surface area (Å²) in [6.07, 6.45) is 2.30. The number of carbonyl (C=O) groups excluding carboxylic acids is 2. The van der Waals surface area contributed by atoms with Crippen molar-refractivity contribution in [2.45, 2.75) is 50.1 Å². The van der Waals surface area contributed by atoms with E-state index in [1.54, 1.807) is 7.11 Å². The van der Waals surface area contributed by atoms with Crippen molar-refractivity contribution in [3.05, 3.63) is 41.2 Å². The van der Waals surface area contributed by atoms with Gasteiger partial charge in [0.25, 0.3) is 5.91 Å². The van der Waals surface area contributed by atoms with Crippen molar-refractivity contribution in [1.29, 1.82) is 0 Å². The number of alkyl halides is 1. The Labute approximate surface area is 192 Å². The smallest absolute Gasteiger partial charge is 0.290 e. The maximum atomic E-state index is 13.7. The van der Waals surface area contributed by atoms with E-state index in [1.807, 2.05) is 29.2 Å². The van der Waals surface area contributed by atoms with E-state index >= 15 is 0 Å². The average molecular weight is 491 g/mol. The lowest BCUT2D eigenvalue weighted by atomic mass is 9.77. The Morgan fingerprint density at radius 1 is 1.23 bits per heavy atom. The zero-order valence-electron chi connectivity index (χ0n) is 18.5. The maximum absolute atomic E-state index is 13.7. The molecule has 168 valence electrons. The minimum Gasteiger partial charge on any atom is -0.497 e. The molecule has 1 aromatic rings. The summed E-state index contributed by atoms with van der Waals surface area (Å²) in [5.74, 6) is 0.694. The van der Waals surface area contributed by atoms with Crippen molar-refractivity contribution in [1.82, 2.24) is 9.80 Å². The summed E-state index contributed by atoms with van der Waals surface area (Å²) < 4.78 is 11.7. The lowest BCUT2D eigenvalue weighted by Gasteiger charge is -2.37. The van der Waals surface area contributed by atoms with Gasteiger partial charge in [-0.1, -0.05) is 41.9 Å². The van der Waals surface area contributed by atoms with Gasteiger partial charge >= 0.3 is 0 Å². The second-order valence-electron chi connectivity index (χ2n) is 8.48. The summed E-state index contributed by atoms with van der Waals surface area (Å²) >= 11 is 3.69. The fourth-order valence-electron chi connectivity index (χ4n) is 5.04. The van der Waals surface area contributed by atoms with E-state index < -0.39 is 6.04 Å². The molecule has 6 nitrogen and oxygen atoms in total. The molecule has 1 aromatic carbocycles. The zero-order chi connectivity index (χ0) is 22.1. The minimum absolute atomic E-state index is 0.0712. The topological polar surface area (TPSA) is 59.1 Å². The highest BCUT2D eigenvalue weighted by atomic mass is 79.9. The Bertz CT molecular complexity index is 882. The molecule has 0 bridgehead atoms.